The Labute approximate surface area is 176 Å². The highest BCUT2D eigenvalue weighted by molar-refractivity contribution is 5.98. The molecule has 2 aromatic carbocycles. The molecule has 0 amide bonds. The van der Waals surface area contributed by atoms with Crippen molar-refractivity contribution in [2.45, 2.75) is 19.1 Å². The van der Waals surface area contributed by atoms with E-state index in [1.807, 2.05) is 71.8 Å². The Morgan fingerprint density at radius 3 is 2.47 bits per heavy atom. The number of ether oxygens (including phenoxy) is 2. The fraction of sp³-hybridized carbons (Fsp3) is 0.200. The highest BCUT2D eigenvalue weighted by Crippen LogP contribution is 2.41. The number of fused-ring (bicyclic) bond motifs is 1. The van der Waals surface area contributed by atoms with Gasteiger partial charge in [-0.05, 0) is 40.5 Å². The summed E-state index contributed by atoms with van der Waals surface area (Å²) in [5, 5.41) is 10.1. The number of nitriles is 1. The Morgan fingerprint density at radius 1 is 1.10 bits per heavy atom. The van der Waals surface area contributed by atoms with Crippen LogP contribution in [-0.2, 0) is 16.1 Å². The average molecular weight is 398 g/mol. The first-order chi connectivity index (χ1) is 14.6. The van der Waals surface area contributed by atoms with Crippen molar-refractivity contribution < 1.29 is 14.3 Å². The summed E-state index contributed by atoms with van der Waals surface area (Å²) in [5.41, 5.74) is 5.16. The number of ketones is 1. The lowest BCUT2D eigenvalue weighted by Crippen LogP contribution is -2.30. The Kier molecular flexibility index (Phi) is 5.51. The van der Waals surface area contributed by atoms with E-state index in [0.29, 0.717) is 12.2 Å². The molecule has 5 heteroatoms. The fourth-order valence-electron chi connectivity index (χ4n) is 3.89. The molecule has 0 fully saturated rings. The Bertz CT molecular complexity index is 1090. The van der Waals surface area contributed by atoms with Crippen molar-refractivity contribution in [3.8, 4) is 11.8 Å². The lowest BCUT2D eigenvalue weighted by Gasteiger charge is -2.33. The molecule has 0 saturated heterocycles. The van der Waals surface area contributed by atoms with Gasteiger partial charge in [-0.25, -0.2) is 0 Å². The van der Waals surface area contributed by atoms with E-state index in [4.69, 9.17) is 9.47 Å². The minimum atomic E-state index is -0.594. The van der Waals surface area contributed by atoms with Gasteiger partial charge in [-0.1, -0.05) is 42.5 Å². The van der Waals surface area contributed by atoms with E-state index in [0.717, 1.165) is 33.6 Å². The molecule has 1 aliphatic carbocycles. The van der Waals surface area contributed by atoms with Gasteiger partial charge in [0.25, 0.3) is 0 Å². The molecule has 0 bridgehead atoms. The monoisotopic (exact) mass is 398 g/mol. The van der Waals surface area contributed by atoms with E-state index >= 15 is 0 Å². The third-order valence-corrected chi connectivity index (χ3v) is 5.39. The second-order valence-electron chi connectivity index (χ2n) is 7.21. The summed E-state index contributed by atoms with van der Waals surface area (Å²) in [4.78, 5) is 14.4. The summed E-state index contributed by atoms with van der Waals surface area (Å²) in [6.07, 6.45) is 3.44. The predicted octanol–water partition coefficient (Wildman–Crippen LogP) is 4.24. The lowest BCUT2D eigenvalue weighted by atomic mass is 9.81. The van der Waals surface area contributed by atoms with Gasteiger partial charge in [0.05, 0.1) is 7.11 Å². The number of hydrogen-bond donors (Lipinski definition) is 0. The largest absolute Gasteiger partial charge is 0.497 e. The van der Waals surface area contributed by atoms with Crippen LogP contribution in [0, 0.1) is 11.3 Å². The number of benzene rings is 2. The fourth-order valence-corrected chi connectivity index (χ4v) is 3.89. The average Bonchev–Trinajstić information content (AvgIpc) is 2.79. The Balaban J connectivity index is 1.82. The highest BCUT2D eigenvalue weighted by Gasteiger charge is 2.33. The minimum Gasteiger partial charge on any atom is -0.497 e. The molecule has 1 atom stereocenters. The highest BCUT2D eigenvalue weighted by atomic mass is 16.5. The Morgan fingerprint density at radius 2 is 1.83 bits per heavy atom. The maximum atomic E-state index is 12.5. The zero-order valence-corrected chi connectivity index (χ0v) is 17.0. The van der Waals surface area contributed by atoms with Crippen molar-refractivity contribution in [2.75, 3.05) is 14.2 Å². The first kappa shape index (κ1) is 19.7. The molecule has 2 aliphatic rings. The molecule has 4 rings (SSSR count). The van der Waals surface area contributed by atoms with Crippen molar-refractivity contribution in [1.29, 1.82) is 5.26 Å². The molecule has 0 saturated carbocycles. The van der Waals surface area contributed by atoms with Gasteiger partial charge in [-0.2, -0.15) is 5.26 Å². The summed E-state index contributed by atoms with van der Waals surface area (Å²) in [6.45, 7) is 0.516. The maximum Gasteiger partial charge on any atom is 0.169 e. The quantitative estimate of drug-likeness (QED) is 0.754. The lowest BCUT2D eigenvalue weighted by molar-refractivity contribution is -0.125. The van der Waals surface area contributed by atoms with Gasteiger partial charge in [0.15, 0.2) is 5.78 Å². The van der Waals surface area contributed by atoms with Crippen LogP contribution in [-0.4, -0.2) is 31.0 Å². The molecule has 1 heterocycles. The summed E-state index contributed by atoms with van der Waals surface area (Å²) in [7, 11) is 3.16. The van der Waals surface area contributed by atoms with Crippen LogP contribution in [0.4, 0.5) is 0 Å². The van der Waals surface area contributed by atoms with E-state index in [9.17, 15) is 10.1 Å². The zero-order chi connectivity index (χ0) is 21.1. The van der Waals surface area contributed by atoms with Gasteiger partial charge in [-0.3, -0.25) is 4.79 Å². The number of rotatable bonds is 5. The number of carbonyl (C=O) groups is 1. The van der Waals surface area contributed by atoms with Crippen LogP contribution in [0.15, 0.2) is 83.7 Å². The number of carbonyl (C=O) groups excluding carboxylic acids is 1. The summed E-state index contributed by atoms with van der Waals surface area (Å²) < 4.78 is 10.6. The van der Waals surface area contributed by atoms with Crippen LogP contribution >= 0.6 is 0 Å². The van der Waals surface area contributed by atoms with Gasteiger partial charge in [-0.15, -0.1) is 0 Å². The maximum absolute atomic E-state index is 12.5. The number of Topliss-reactive ketones (excluding diaryl/α,β-unsaturated/α-hetero) is 1. The smallest absolute Gasteiger partial charge is 0.169 e. The van der Waals surface area contributed by atoms with Crippen LogP contribution in [0.5, 0.6) is 5.75 Å². The van der Waals surface area contributed by atoms with Gasteiger partial charge in [0.1, 0.15) is 23.6 Å². The minimum absolute atomic E-state index is 0.0183. The van der Waals surface area contributed by atoms with Crippen molar-refractivity contribution in [3.05, 3.63) is 94.8 Å². The summed E-state index contributed by atoms with van der Waals surface area (Å²) in [5.74, 6) is 0.801. The molecule has 150 valence electrons. The van der Waals surface area contributed by atoms with E-state index < -0.39 is 6.10 Å². The second kappa shape index (κ2) is 8.40. The van der Waals surface area contributed by atoms with Crippen molar-refractivity contribution in [3.63, 3.8) is 0 Å². The van der Waals surface area contributed by atoms with Gasteiger partial charge < -0.3 is 14.4 Å². The number of allylic oxidation sites excluding steroid dienone is 4. The van der Waals surface area contributed by atoms with Crippen LogP contribution in [0.25, 0.3) is 5.57 Å². The topological polar surface area (TPSA) is 62.6 Å². The van der Waals surface area contributed by atoms with Gasteiger partial charge in [0.2, 0.25) is 0 Å². The van der Waals surface area contributed by atoms with Gasteiger partial charge in [0, 0.05) is 31.8 Å². The van der Waals surface area contributed by atoms with Crippen molar-refractivity contribution in [2.24, 2.45) is 0 Å². The molecule has 5 nitrogen and oxygen atoms in total. The van der Waals surface area contributed by atoms with Crippen molar-refractivity contribution >= 4 is 11.4 Å². The first-order valence-corrected chi connectivity index (χ1v) is 9.72. The standard InChI is InChI=1S/C25H22N2O3/c1-29-20-10-8-17(9-11-20)15-27-16-19-12-23(28)24(30-2)13-21(19)25(22(27)14-26)18-6-4-3-5-7-18/h3-11,13,16,24H,12,15H2,1-2H3. The van der Waals surface area contributed by atoms with Crippen LogP contribution in [0.3, 0.4) is 0 Å². The number of nitrogens with zero attached hydrogens (tertiary/aromatic N) is 2. The number of hydrogen-bond acceptors (Lipinski definition) is 5. The third-order valence-electron chi connectivity index (χ3n) is 5.39. The van der Waals surface area contributed by atoms with E-state index in [1.165, 1.54) is 7.11 Å². The molecule has 1 aliphatic heterocycles. The predicted molar refractivity (Wildman–Crippen MR) is 114 cm³/mol. The molecular formula is C25H22N2O3. The van der Waals surface area contributed by atoms with E-state index in [1.54, 1.807) is 7.11 Å². The normalized spacial score (nSPS) is 18.4. The van der Waals surface area contributed by atoms with E-state index in [-0.39, 0.29) is 12.2 Å². The summed E-state index contributed by atoms with van der Waals surface area (Å²) in [6, 6.07) is 20.0. The van der Waals surface area contributed by atoms with Crippen LogP contribution in [0.2, 0.25) is 0 Å². The molecule has 0 spiro atoms. The van der Waals surface area contributed by atoms with Crippen molar-refractivity contribution in [1.82, 2.24) is 4.90 Å². The second-order valence-corrected chi connectivity index (χ2v) is 7.21. The Hall–Kier alpha value is -3.62. The molecule has 0 N–H and O–H groups in total. The first-order valence-electron chi connectivity index (χ1n) is 9.72. The summed E-state index contributed by atoms with van der Waals surface area (Å²) >= 11 is 0. The molecule has 30 heavy (non-hydrogen) atoms. The molecule has 1 unspecified atom stereocenters. The molecule has 0 aromatic heterocycles. The molecule has 0 radical (unpaired) electrons. The number of methoxy groups -OCH3 is 2. The van der Waals surface area contributed by atoms with Crippen LogP contribution in [0.1, 0.15) is 17.5 Å². The zero-order valence-electron chi connectivity index (χ0n) is 17.0. The third kappa shape index (κ3) is 3.66. The van der Waals surface area contributed by atoms with Gasteiger partial charge >= 0.3 is 0 Å². The SMILES string of the molecule is COc1ccc(CN2C=C3CC(=O)C(OC)C=C3C(c3ccccc3)=C2C#N)cc1. The van der Waals surface area contributed by atoms with E-state index in [2.05, 4.69) is 6.07 Å². The molecular weight excluding hydrogens is 376 g/mol. The van der Waals surface area contributed by atoms with Crippen LogP contribution < -0.4 is 4.74 Å². The molecule has 2 aromatic rings.